The van der Waals surface area contributed by atoms with E-state index < -0.39 is 0 Å². The van der Waals surface area contributed by atoms with E-state index in [0.29, 0.717) is 13.2 Å². The van der Waals surface area contributed by atoms with Gasteiger partial charge in [-0.25, -0.2) is 0 Å². The lowest BCUT2D eigenvalue weighted by Gasteiger charge is -2.18. The van der Waals surface area contributed by atoms with Crippen LogP contribution in [-0.4, -0.2) is 20.3 Å². The first kappa shape index (κ1) is 17.6. The molecule has 0 bridgehead atoms. The van der Waals surface area contributed by atoms with Crippen molar-refractivity contribution >= 4 is 11.6 Å². The summed E-state index contributed by atoms with van der Waals surface area (Å²) in [6, 6.07) is 13.9. The predicted octanol–water partition coefficient (Wildman–Crippen LogP) is 4.42. The molecule has 0 aromatic heterocycles. The van der Waals surface area contributed by atoms with E-state index in [1.54, 1.807) is 7.11 Å². The molecular formula is C19H24ClNO2. The highest BCUT2D eigenvalue weighted by Crippen LogP contribution is 2.32. The number of halogens is 1. The highest BCUT2D eigenvalue weighted by molar-refractivity contribution is 6.31. The summed E-state index contributed by atoms with van der Waals surface area (Å²) in [5.74, 6) is 1.71. The standard InChI is InChI=1S/C19H24ClNO2/c1-3-10-23-18-9-8-14(12-19(18)22-2)11-15(13-21)16-6-4-5-7-17(16)20/h4-9,12,15H,3,10-11,13,21H2,1-2H3. The Morgan fingerprint density at radius 2 is 1.91 bits per heavy atom. The Morgan fingerprint density at radius 3 is 2.57 bits per heavy atom. The van der Waals surface area contributed by atoms with Crippen LogP contribution in [0.3, 0.4) is 0 Å². The molecule has 124 valence electrons. The monoisotopic (exact) mass is 333 g/mol. The first-order valence-electron chi connectivity index (χ1n) is 7.93. The topological polar surface area (TPSA) is 44.5 Å². The highest BCUT2D eigenvalue weighted by Gasteiger charge is 2.15. The summed E-state index contributed by atoms with van der Waals surface area (Å²) in [5, 5.41) is 0.762. The molecule has 0 fully saturated rings. The van der Waals surface area contributed by atoms with Crippen LogP contribution in [0.4, 0.5) is 0 Å². The molecule has 0 aliphatic heterocycles. The van der Waals surface area contributed by atoms with Crippen LogP contribution in [0.2, 0.25) is 5.02 Å². The second-order valence-corrected chi connectivity index (χ2v) is 5.90. The van der Waals surface area contributed by atoms with Crippen LogP contribution in [0.1, 0.15) is 30.4 Å². The van der Waals surface area contributed by atoms with Crippen molar-refractivity contribution in [1.29, 1.82) is 0 Å². The Balaban J connectivity index is 2.19. The fourth-order valence-electron chi connectivity index (χ4n) is 2.58. The van der Waals surface area contributed by atoms with Gasteiger partial charge in [-0.1, -0.05) is 42.8 Å². The smallest absolute Gasteiger partial charge is 0.161 e. The van der Waals surface area contributed by atoms with Crippen molar-refractivity contribution in [3.05, 3.63) is 58.6 Å². The van der Waals surface area contributed by atoms with Gasteiger partial charge in [0.25, 0.3) is 0 Å². The zero-order chi connectivity index (χ0) is 16.7. The summed E-state index contributed by atoms with van der Waals surface area (Å²) < 4.78 is 11.1. The molecule has 0 aliphatic rings. The highest BCUT2D eigenvalue weighted by atomic mass is 35.5. The van der Waals surface area contributed by atoms with E-state index in [1.165, 1.54) is 0 Å². The number of benzene rings is 2. The maximum Gasteiger partial charge on any atom is 0.161 e. The van der Waals surface area contributed by atoms with Crippen LogP contribution in [0.25, 0.3) is 0 Å². The van der Waals surface area contributed by atoms with Gasteiger partial charge in [0.2, 0.25) is 0 Å². The molecule has 0 aliphatic carbocycles. The minimum absolute atomic E-state index is 0.177. The zero-order valence-electron chi connectivity index (χ0n) is 13.7. The molecular weight excluding hydrogens is 310 g/mol. The van der Waals surface area contributed by atoms with Gasteiger partial charge in [-0.05, 0) is 48.7 Å². The van der Waals surface area contributed by atoms with Crippen molar-refractivity contribution in [2.45, 2.75) is 25.7 Å². The largest absolute Gasteiger partial charge is 0.493 e. The molecule has 2 aromatic rings. The maximum atomic E-state index is 6.30. The molecule has 3 nitrogen and oxygen atoms in total. The van der Waals surface area contributed by atoms with Crippen molar-refractivity contribution in [2.24, 2.45) is 5.73 Å². The maximum absolute atomic E-state index is 6.30. The number of hydrogen-bond donors (Lipinski definition) is 1. The predicted molar refractivity (Wildman–Crippen MR) is 95.7 cm³/mol. The molecule has 0 spiro atoms. The SMILES string of the molecule is CCCOc1ccc(CC(CN)c2ccccc2Cl)cc1OC. The lowest BCUT2D eigenvalue weighted by atomic mass is 9.92. The van der Waals surface area contributed by atoms with Crippen molar-refractivity contribution in [1.82, 2.24) is 0 Å². The fourth-order valence-corrected chi connectivity index (χ4v) is 2.87. The number of ether oxygens (including phenoxy) is 2. The summed E-state index contributed by atoms with van der Waals surface area (Å²) in [7, 11) is 1.66. The molecule has 0 radical (unpaired) electrons. The van der Waals surface area contributed by atoms with E-state index >= 15 is 0 Å². The third kappa shape index (κ3) is 4.63. The first-order valence-corrected chi connectivity index (χ1v) is 8.31. The van der Waals surface area contributed by atoms with Gasteiger partial charge in [-0.2, -0.15) is 0 Å². The second kappa shape index (κ2) is 8.80. The van der Waals surface area contributed by atoms with E-state index in [4.69, 9.17) is 26.8 Å². The van der Waals surface area contributed by atoms with Gasteiger partial charge >= 0.3 is 0 Å². The van der Waals surface area contributed by atoms with Crippen molar-refractivity contribution < 1.29 is 9.47 Å². The number of hydrogen-bond acceptors (Lipinski definition) is 3. The van der Waals surface area contributed by atoms with Crippen LogP contribution < -0.4 is 15.2 Å². The van der Waals surface area contributed by atoms with Crippen LogP contribution >= 0.6 is 11.6 Å². The third-order valence-electron chi connectivity index (χ3n) is 3.80. The van der Waals surface area contributed by atoms with Gasteiger partial charge in [0, 0.05) is 10.9 Å². The molecule has 0 amide bonds. The average molecular weight is 334 g/mol. The Labute approximate surface area is 143 Å². The summed E-state index contributed by atoms with van der Waals surface area (Å²) in [6.45, 7) is 3.30. The molecule has 1 unspecified atom stereocenters. The van der Waals surface area contributed by atoms with Crippen LogP contribution in [0.5, 0.6) is 11.5 Å². The molecule has 1 atom stereocenters. The summed E-state index contributed by atoms with van der Waals surface area (Å²) in [4.78, 5) is 0. The lowest BCUT2D eigenvalue weighted by molar-refractivity contribution is 0.294. The lowest BCUT2D eigenvalue weighted by Crippen LogP contribution is -2.15. The fraction of sp³-hybridized carbons (Fsp3) is 0.368. The number of methoxy groups -OCH3 is 1. The van der Waals surface area contributed by atoms with Gasteiger partial charge in [-0.3, -0.25) is 0 Å². The van der Waals surface area contributed by atoms with E-state index in [1.807, 2.05) is 36.4 Å². The van der Waals surface area contributed by atoms with Gasteiger partial charge < -0.3 is 15.2 Å². The van der Waals surface area contributed by atoms with Crippen molar-refractivity contribution in [2.75, 3.05) is 20.3 Å². The number of rotatable bonds is 8. The van der Waals surface area contributed by atoms with E-state index in [9.17, 15) is 0 Å². The Bertz CT molecular complexity index is 631. The molecule has 4 heteroatoms. The van der Waals surface area contributed by atoms with Crippen LogP contribution in [0.15, 0.2) is 42.5 Å². The van der Waals surface area contributed by atoms with E-state index in [0.717, 1.165) is 40.5 Å². The molecule has 23 heavy (non-hydrogen) atoms. The molecule has 2 rings (SSSR count). The molecule has 2 N–H and O–H groups in total. The van der Waals surface area contributed by atoms with E-state index in [2.05, 4.69) is 13.0 Å². The Hall–Kier alpha value is -1.71. The third-order valence-corrected chi connectivity index (χ3v) is 4.15. The summed E-state index contributed by atoms with van der Waals surface area (Å²) in [6.07, 6.45) is 1.78. The molecule has 0 saturated carbocycles. The first-order chi connectivity index (χ1) is 11.2. The van der Waals surface area contributed by atoms with Crippen LogP contribution in [0, 0.1) is 0 Å². The van der Waals surface area contributed by atoms with Gasteiger partial charge in [0.1, 0.15) is 0 Å². The Kier molecular flexibility index (Phi) is 6.75. The minimum Gasteiger partial charge on any atom is -0.493 e. The van der Waals surface area contributed by atoms with Crippen molar-refractivity contribution in [3.63, 3.8) is 0 Å². The number of nitrogens with two attached hydrogens (primary N) is 1. The normalized spacial score (nSPS) is 12.0. The molecule has 0 saturated heterocycles. The Morgan fingerprint density at radius 1 is 1.13 bits per heavy atom. The molecule has 2 aromatic carbocycles. The quantitative estimate of drug-likeness (QED) is 0.777. The average Bonchev–Trinajstić information content (AvgIpc) is 2.59. The van der Waals surface area contributed by atoms with Gasteiger partial charge in [0.15, 0.2) is 11.5 Å². The second-order valence-electron chi connectivity index (χ2n) is 5.49. The van der Waals surface area contributed by atoms with Crippen LogP contribution in [-0.2, 0) is 6.42 Å². The zero-order valence-corrected chi connectivity index (χ0v) is 14.5. The van der Waals surface area contributed by atoms with Gasteiger partial charge in [0.05, 0.1) is 13.7 Å². The van der Waals surface area contributed by atoms with Gasteiger partial charge in [-0.15, -0.1) is 0 Å². The molecule has 0 heterocycles. The minimum atomic E-state index is 0.177. The van der Waals surface area contributed by atoms with Crippen molar-refractivity contribution in [3.8, 4) is 11.5 Å². The summed E-state index contributed by atoms with van der Waals surface area (Å²) >= 11 is 6.30. The van der Waals surface area contributed by atoms with E-state index in [-0.39, 0.29) is 5.92 Å². The summed E-state index contributed by atoms with van der Waals surface area (Å²) in [5.41, 5.74) is 8.21.